The molecule has 1 aromatic carbocycles. The van der Waals surface area contributed by atoms with Crippen molar-refractivity contribution in [2.75, 3.05) is 18.1 Å². The number of hydrogen-bond acceptors (Lipinski definition) is 7. The van der Waals surface area contributed by atoms with Crippen molar-refractivity contribution in [3.8, 4) is 11.5 Å². The Morgan fingerprint density at radius 1 is 1.41 bits per heavy atom. The first-order valence-corrected chi connectivity index (χ1v) is 11.3. The molecule has 1 aromatic heterocycles. The van der Waals surface area contributed by atoms with Gasteiger partial charge in [0.05, 0.1) is 22.3 Å². The van der Waals surface area contributed by atoms with Gasteiger partial charge in [-0.05, 0) is 32.4 Å². The zero-order valence-corrected chi connectivity index (χ0v) is 16.6. The Morgan fingerprint density at radius 3 is 2.78 bits per heavy atom. The molecule has 0 unspecified atom stereocenters. The van der Waals surface area contributed by atoms with Gasteiger partial charge in [-0.15, -0.1) is 10.2 Å². The summed E-state index contributed by atoms with van der Waals surface area (Å²) in [4.78, 5) is 14.4. The van der Waals surface area contributed by atoms with Crippen molar-refractivity contribution >= 4 is 27.5 Å². The number of hydrogen-bond donors (Lipinski definition) is 0. The van der Waals surface area contributed by atoms with Gasteiger partial charge in [0, 0.05) is 12.6 Å². The number of amides is 1. The van der Waals surface area contributed by atoms with Crippen LogP contribution in [0.25, 0.3) is 11.5 Å². The first kappa shape index (κ1) is 19.8. The van der Waals surface area contributed by atoms with Crippen molar-refractivity contribution < 1.29 is 22.0 Å². The molecule has 0 N–H and O–H groups in total. The molecule has 10 heteroatoms. The average Bonchev–Trinajstić information content (AvgIpc) is 3.22. The summed E-state index contributed by atoms with van der Waals surface area (Å²) in [5, 5.41) is 7.33. The van der Waals surface area contributed by atoms with E-state index in [1.54, 1.807) is 24.0 Å². The normalized spacial score (nSPS) is 19.7. The third-order valence-corrected chi connectivity index (χ3v) is 7.08. The first-order valence-electron chi connectivity index (χ1n) is 8.56. The second-order valence-electron chi connectivity index (χ2n) is 6.29. The smallest absolute Gasteiger partial charge is 0.277 e. The molecule has 1 fully saturated rings. The fourth-order valence-corrected chi connectivity index (χ4v) is 5.54. The Balaban J connectivity index is 1.69. The lowest BCUT2D eigenvalue weighted by atomic mass is 10.2. The van der Waals surface area contributed by atoms with E-state index in [4.69, 9.17) is 4.42 Å². The van der Waals surface area contributed by atoms with Gasteiger partial charge in [0.1, 0.15) is 5.82 Å². The van der Waals surface area contributed by atoms with E-state index in [0.29, 0.717) is 13.0 Å². The Kier molecular flexibility index (Phi) is 5.85. The Hall–Kier alpha value is -1.94. The summed E-state index contributed by atoms with van der Waals surface area (Å²) in [5.41, 5.74) is 0.196. The van der Waals surface area contributed by atoms with Crippen LogP contribution in [0, 0.1) is 5.82 Å². The van der Waals surface area contributed by atoms with Crippen molar-refractivity contribution in [1.29, 1.82) is 0 Å². The number of carbonyl (C=O) groups is 1. The molecule has 0 saturated carbocycles. The predicted molar refractivity (Wildman–Crippen MR) is 99.5 cm³/mol. The Labute approximate surface area is 161 Å². The molecule has 2 aromatic rings. The summed E-state index contributed by atoms with van der Waals surface area (Å²) in [6.45, 7) is 3.95. The summed E-state index contributed by atoms with van der Waals surface area (Å²) in [6.07, 6.45) is 0.456. The molecule has 146 valence electrons. The van der Waals surface area contributed by atoms with Crippen molar-refractivity contribution in [2.24, 2.45) is 0 Å². The van der Waals surface area contributed by atoms with Gasteiger partial charge in [-0.1, -0.05) is 23.9 Å². The highest BCUT2D eigenvalue weighted by molar-refractivity contribution is 8.00. The van der Waals surface area contributed by atoms with E-state index in [9.17, 15) is 17.6 Å². The third-order valence-electron chi connectivity index (χ3n) is 4.41. The van der Waals surface area contributed by atoms with Gasteiger partial charge in [-0.3, -0.25) is 4.79 Å². The molecular weight excluding hydrogens is 393 g/mol. The minimum atomic E-state index is -3.08. The maximum Gasteiger partial charge on any atom is 0.277 e. The van der Waals surface area contributed by atoms with Crippen LogP contribution in [0.1, 0.15) is 20.3 Å². The number of benzene rings is 1. The predicted octanol–water partition coefficient (Wildman–Crippen LogP) is 2.39. The molecule has 0 bridgehead atoms. The number of nitrogens with zero attached hydrogens (tertiary/aromatic N) is 3. The van der Waals surface area contributed by atoms with Gasteiger partial charge in [-0.2, -0.15) is 0 Å². The number of aromatic nitrogens is 2. The molecule has 0 radical (unpaired) electrons. The lowest BCUT2D eigenvalue weighted by molar-refractivity contribution is -0.131. The van der Waals surface area contributed by atoms with Crippen molar-refractivity contribution in [3.63, 3.8) is 0 Å². The molecule has 1 aliphatic rings. The zero-order valence-electron chi connectivity index (χ0n) is 15.0. The fourth-order valence-electron chi connectivity index (χ4n) is 3.05. The number of carbonyl (C=O) groups excluding carboxylic acids is 1. The lowest BCUT2D eigenvalue weighted by Gasteiger charge is -2.28. The highest BCUT2D eigenvalue weighted by Crippen LogP contribution is 2.29. The van der Waals surface area contributed by atoms with Crippen LogP contribution in [0.3, 0.4) is 0 Å². The largest absolute Gasteiger partial charge is 0.411 e. The maximum atomic E-state index is 13.8. The number of halogens is 1. The molecule has 3 rings (SSSR count). The van der Waals surface area contributed by atoms with Gasteiger partial charge < -0.3 is 9.32 Å². The van der Waals surface area contributed by atoms with Gasteiger partial charge >= 0.3 is 0 Å². The molecule has 2 atom stereocenters. The Bertz CT molecular complexity index is 932. The molecule has 1 aliphatic heterocycles. The monoisotopic (exact) mass is 413 g/mol. The van der Waals surface area contributed by atoms with E-state index < -0.39 is 20.9 Å². The molecule has 1 amide bonds. The highest BCUT2D eigenvalue weighted by Gasteiger charge is 2.35. The Morgan fingerprint density at radius 2 is 2.15 bits per heavy atom. The quantitative estimate of drug-likeness (QED) is 0.671. The minimum absolute atomic E-state index is 0.00194. The third kappa shape index (κ3) is 4.49. The zero-order chi connectivity index (χ0) is 19.6. The van der Waals surface area contributed by atoms with E-state index >= 15 is 0 Å². The van der Waals surface area contributed by atoms with Gasteiger partial charge in [0.15, 0.2) is 9.84 Å². The van der Waals surface area contributed by atoms with Crippen molar-refractivity contribution in [3.05, 3.63) is 30.1 Å². The topological polar surface area (TPSA) is 93.4 Å². The molecule has 1 saturated heterocycles. The van der Waals surface area contributed by atoms with E-state index in [1.165, 1.54) is 12.1 Å². The van der Waals surface area contributed by atoms with Gasteiger partial charge in [0.2, 0.25) is 5.91 Å². The second-order valence-corrected chi connectivity index (χ2v) is 9.81. The first-order chi connectivity index (χ1) is 12.8. The summed E-state index contributed by atoms with van der Waals surface area (Å²) < 4.78 is 42.7. The summed E-state index contributed by atoms with van der Waals surface area (Å²) in [5.74, 6) is -0.498. The van der Waals surface area contributed by atoms with Crippen LogP contribution in [0.4, 0.5) is 4.39 Å². The molecule has 2 heterocycles. The van der Waals surface area contributed by atoms with Crippen LogP contribution < -0.4 is 0 Å². The van der Waals surface area contributed by atoms with Crippen LogP contribution in [-0.4, -0.2) is 58.8 Å². The average molecular weight is 413 g/mol. The summed E-state index contributed by atoms with van der Waals surface area (Å²) in [6, 6.07) is 5.76. The van der Waals surface area contributed by atoms with Gasteiger partial charge in [0.25, 0.3) is 11.1 Å². The summed E-state index contributed by atoms with van der Waals surface area (Å²) in [7, 11) is -3.08. The molecular formula is C17H20FN3O4S2. The molecule has 0 spiro atoms. The van der Waals surface area contributed by atoms with Crippen molar-refractivity contribution in [2.45, 2.75) is 36.8 Å². The lowest BCUT2D eigenvalue weighted by Crippen LogP contribution is -2.44. The molecule has 27 heavy (non-hydrogen) atoms. The van der Waals surface area contributed by atoms with E-state index in [0.717, 1.165) is 11.8 Å². The maximum absolute atomic E-state index is 13.8. The van der Waals surface area contributed by atoms with Crippen LogP contribution in [-0.2, 0) is 14.6 Å². The van der Waals surface area contributed by atoms with Crippen LogP contribution in [0.2, 0.25) is 0 Å². The highest BCUT2D eigenvalue weighted by atomic mass is 32.2. The number of sulfone groups is 1. The molecule has 0 aliphatic carbocycles. The summed E-state index contributed by atoms with van der Waals surface area (Å²) >= 11 is 1.07. The van der Waals surface area contributed by atoms with Crippen LogP contribution in [0.5, 0.6) is 0 Å². The van der Waals surface area contributed by atoms with E-state index in [2.05, 4.69) is 10.2 Å². The van der Waals surface area contributed by atoms with Crippen LogP contribution in [0.15, 0.2) is 33.9 Å². The minimum Gasteiger partial charge on any atom is -0.411 e. The molecule has 7 nitrogen and oxygen atoms in total. The van der Waals surface area contributed by atoms with Crippen LogP contribution >= 0.6 is 11.8 Å². The standard InChI is InChI=1S/C17H20FN3O4S2/c1-3-21(12-8-9-27(23,24)10-12)16(22)11(2)26-17-20-19-15(25-17)13-6-4-5-7-14(13)18/h4-7,11-12H,3,8-10H2,1-2H3/t11-,12-/m0/s1. The van der Waals surface area contributed by atoms with E-state index in [1.807, 2.05) is 6.92 Å². The number of rotatable bonds is 6. The van der Waals surface area contributed by atoms with Crippen molar-refractivity contribution in [1.82, 2.24) is 15.1 Å². The fraction of sp³-hybridized carbons (Fsp3) is 0.471. The van der Waals surface area contributed by atoms with Gasteiger partial charge in [-0.25, -0.2) is 12.8 Å². The van der Waals surface area contributed by atoms with E-state index in [-0.39, 0.29) is 40.1 Å². The number of thioether (sulfide) groups is 1. The second kappa shape index (κ2) is 7.97. The SMILES string of the molecule is CCN(C(=O)[C@H](C)Sc1nnc(-c2ccccc2F)o1)[C@H]1CCS(=O)(=O)C1.